The van der Waals surface area contributed by atoms with Crippen molar-refractivity contribution < 1.29 is 24.2 Å². The van der Waals surface area contributed by atoms with Gasteiger partial charge in [-0.05, 0) is 34.1 Å². The van der Waals surface area contributed by atoms with Gasteiger partial charge in [0.1, 0.15) is 0 Å². The molecule has 0 bridgehead atoms. The average Bonchev–Trinajstić information content (AvgIpc) is 2.22. The van der Waals surface area contributed by atoms with E-state index < -0.39 is 24.0 Å². The largest absolute Gasteiger partial charge is 0.463 e. The Morgan fingerprint density at radius 2 is 1.56 bits per heavy atom. The van der Waals surface area contributed by atoms with E-state index in [1.807, 2.05) is 0 Å². The Labute approximate surface area is 108 Å². The molecule has 0 aromatic heterocycles. The number of aliphatic hydroxyl groups is 1. The monoisotopic (exact) mass is 258 g/mol. The molecule has 0 spiro atoms. The van der Waals surface area contributed by atoms with E-state index in [-0.39, 0.29) is 18.6 Å². The van der Waals surface area contributed by atoms with Crippen molar-refractivity contribution >= 4 is 11.9 Å². The maximum atomic E-state index is 11.7. The molecule has 5 heteroatoms. The fraction of sp³-hybridized carbons (Fsp3) is 0.692. The van der Waals surface area contributed by atoms with E-state index in [2.05, 4.69) is 6.58 Å². The first kappa shape index (κ1) is 16.6. The molecule has 5 nitrogen and oxygen atoms in total. The molecule has 0 aromatic carbocycles. The Morgan fingerprint density at radius 3 is 1.94 bits per heavy atom. The van der Waals surface area contributed by atoms with Crippen molar-refractivity contribution in [1.29, 1.82) is 0 Å². The third-order valence-corrected chi connectivity index (χ3v) is 2.05. The van der Waals surface area contributed by atoms with Gasteiger partial charge in [0, 0.05) is 0 Å². The molecule has 0 aliphatic heterocycles. The van der Waals surface area contributed by atoms with E-state index in [1.54, 1.807) is 27.7 Å². The summed E-state index contributed by atoms with van der Waals surface area (Å²) in [5, 5.41) is 9.82. The van der Waals surface area contributed by atoms with Crippen molar-refractivity contribution in [2.24, 2.45) is 5.92 Å². The molecule has 2 atom stereocenters. The zero-order chi connectivity index (χ0) is 14.3. The number of rotatable bonds is 7. The van der Waals surface area contributed by atoms with Gasteiger partial charge in [-0.25, -0.2) is 4.79 Å². The Bertz CT molecular complexity index is 296. The summed E-state index contributed by atoms with van der Waals surface area (Å²) in [6.07, 6.45) is -0.578. The van der Waals surface area contributed by atoms with Crippen molar-refractivity contribution in [3.63, 3.8) is 0 Å². The third kappa shape index (κ3) is 5.82. The van der Waals surface area contributed by atoms with Crippen LogP contribution in [0.3, 0.4) is 0 Å². The Balaban J connectivity index is 4.71. The molecule has 0 saturated carbocycles. The summed E-state index contributed by atoms with van der Waals surface area (Å²) in [7, 11) is 0. The zero-order valence-corrected chi connectivity index (χ0v) is 11.4. The lowest BCUT2D eigenvalue weighted by atomic mass is 9.98. The third-order valence-electron chi connectivity index (χ3n) is 2.05. The summed E-state index contributed by atoms with van der Waals surface area (Å²) < 4.78 is 9.85. The van der Waals surface area contributed by atoms with Crippen molar-refractivity contribution in [2.75, 3.05) is 0 Å². The van der Waals surface area contributed by atoms with Crippen LogP contribution in [-0.2, 0) is 19.1 Å². The minimum absolute atomic E-state index is 0.153. The summed E-state index contributed by atoms with van der Waals surface area (Å²) in [5.41, 5.74) is 0. The molecule has 1 N–H and O–H groups in total. The maximum Gasteiger partial charge on any atom is 0.336 e. The van der Waals surface area contributed by atoms with E-state index in [4.69, 9.17) is 9.47 Å². The predicted octanol–water partition coefficient (Wildman–Crippen LogP) is 1.44. The van der Waals surface area contributed by atoms with Gasteiger partial charge in [-0.3, -0.25) is 4.79 Å². The van der Waals surface area contributed by atoms with Gasteiger partial charge in [-0.15, -0.1) is 6.58 Å². The quantitative estimate of drug-likeness (QED) is 0.552. The average molecular weight is 258 g/mol. The Hall–Kier alpha value is -1.36. The van der Waals surface area contributed by atoms with Gasteiger partial charge >= 0.3 is 11.9 Å². The van der Waals surface area contributed by atoms with Gasteiger partial charge < -0.3 is 14.6 Å². The van der Waals surface area contributed by atoms with E-state index in [0.29, 0.717) is 0 Å². The van der Waals surface area contributed by atoms with Crippen molar-refractivity contribution in [2.45, 2.75) is 52.4 Å². The molecule has 0 aromatic rings. The van der Waals surface area contributed by atoms with E-state index in [9.17, 15) is 14.7 Å². The zero-order valence-electron chi connectivity index (χ0n) is 11.4. The first-order valence-corrected chi connectivity index (χ1v) is 5.99. The highest BCUT2D eigenvalue weighted by Gasteiger charge is 2.34. The van der Waals surface area contributed by atoms with Gasteiger partial charge in [-0.1, -0.05) is 6.08 Å². The second-order valence-electron chi connectivity index (χ2n) is 4.55. The number of ether oxygens (including phenoxy) is 2. The lowest BCUT2D eigenvalue weighted by Gasteiger charge is -2.21. The summed E-state index contributed by atoms with van der Waals surface area (Å²) in [4.78, 5) is 23.3. The Kier molecular flexibility index (Phi) is 7.27. The maximum absolute atomic E-state index is 11.7. The summed E-state index contributed by atoms with van der Waals surface area (Å²) in [6.45, 7) is 10.2. The number of carbonyl (C=O) groups is 2. The van der Waals surface area contributed by atoms with Crippen LogP contribution in [0.1, 0.15) is 34.1 Å². The molecule has 0 rings (SSSR count). The minimum Gasteiger partial charge on any atom is -0.463 e. The van der Waals surface area contributed by atoms with Gasteiger partial charge in [-0.2, -0.15) is 0 Å². The molecular weight excluding hydrogens is 236 g/mol. The smallest absolute Gasteiger partial charge is 0.336 e. The normalized spacial score (nSPS) is 14.2. The lowest BCUT2D eigenvalue weighted by Crippen LogP contribution is -2.38. The van der Waals surface area contributed by atoms with E-state index >= 15 is 0 Å². The highest BCUT2D eigenvalue weighted by Crippen LogP contribution is 2.15. The van der Waals surface area contributed by atoms with Gasteiger partial charge in [0.2, 0.25) is 0 Å². The van der Waals surface area contributed by atoms with Crippen molar-refractivity contribution in [3.05, 3.63) is 12.7 Å². The summed E-state index contributed by atoms with van der Waals surface area (Å²) >= 11 is 0. The van der Waals surface area contributed by atoms with Crippen molar-refractivity contribution in [3.8, 4) is 0 Å². The molecule has 0 radical (unpaired) electrons. The number of hydrogen-bond donors (Lipinski definition) is 1. The number of aliphatic hydroxyl groups excluding tert-OH is 1. The number of allylic oxidation sites excluding steroid dienone is 1. The fourth-order valence-corrected chi connectivity index (χ4v) is 1.32. The SMILES string of the molecule is C=CC[C@H](C(=O)OC(C)C)[C@@H](O)C(=O)OC(C)C. The molecular formula is C13H22O5. The van der Waals surface area contributed by atoms with Crippen LogP contribution in [0.25, 0.3) is 0 Å². The number of carbonyl (C=O) groups excluding carboxylic acids is 2. The fourth-order valence-electron chi connectivity index (χ4n) is 1.32. The molecule has 104 valence electrons. The highest BCUT2D eigenvalue weighted by atomic mass is 16.6. The number of esters is 2. The highest BCUT2D eigenvalue weighted by molar-refractivity contribution is 5.83. The summed E-state index contributed by atoms with van der Waals surface area (Å²) in [6, 6.07) is 0. The molecule has 0 heterocycles. The van der Waals surface area contributed by atoms with Gasteiger partial charge in [0.05, 0.1) is 18.1 Å². The van der Waals surface area contributed by atoms with Crippen LogP contribution in [0, 0.1) is 5.92 Å². The second kappa shape index (κ2) is 7.87. The second-order valence-corrected chi connectivity index (χ2v) is 4.55. The predicted molar refractivity (Wildman–Crippen MR) is 66.8 cm³/mol. The molecule has 0 aliphatic rings. The van der Waals surface area contributed by atoms with E-state index in [1.165, 1.54) is 6.08 Å². The van der Waals surface area contributed by atoms with Crippen LogP contribution in [0.4, 0.5) is 0 Å². The first-order chi connectivity index (χ1) is 8.29. The van der Waals surface area contributed by atoms with E-state index in [0.717, 1.165) is 0 Å². The molecule has 0 unspecified atom stereocenters. The van der Waals surface area contributed by atoms with Gasteiger partial charge in [0.15, 0.2) is 6.10 Å². The molecule has 0 fully saturated rings. The number of hydrogen-bond acceptors (Lipinski definition) is 5. The topological polar surface area (TPSA) is 72.8 Å². The van der Waals surface area contributed by atoms with Crippen LogP contribution in [0.2, 0.25) is 0 Å². The molecule has 0 aliphatic carbocycles. The van der Waals surface area contributed by atoms with Crippen LogP contribution >= 0.6 is 0 Å². The van der Waals surface area contributed by atoms with Crippen LogP contribution in [-0.4, -0.2) is 35.4 Å². The molecule has 0 amide bonds. The molecule has 0 saturated heterocycles. The summed E-state index contributed by atoms with van der Waals surface area (Å²) in [5.74, 6) is -2.42. The first-order valence-electron chi connectivity index (χ1n) is 5.99. The van der Waals surface area contributed by atoms with Crippen LogP contribution < -0.4 is 0 Å². The standard InChI is InChI=1S/C13H22O5/c1-6-7-10(12(15)17-8(2)3)11(14)13(16)18-9(4)5/h6,8-11,14H,1,7H2,2-5H3/t10-,11+/m0/s1. The van der Waals surface area contributed by atoms with Crippen LogP contribution in [0.15, 0.2) is 12.7 Å². The minimum atomic E-state index is -1.53. The Morgan fingerprint density at radius 1 is 1.11 bits per heavy atom. The van der Waals surface area contributed by atoms with Crippen molar-refractivity contribution in [1.82, 2.24) is 0 Å². The lowest BCUT2D eigenvalue weighted by molar-refractivity contribution is -0.170. The van der Waals surface area contributed by atoms with Gasteiger partial charge in [0.25, 0.3) is 0 Å². The van der Waals surface area contributed by atoms with Crippen LogP contribution in [0.5, 0.6) is 0 Å². The molecule has 18 heavy (non-hydrogen) atoms.